The number of esters is 1. The number of carbonyl (C=O) groups is 1. The van der Waals surface area contributed by atoms with Gasteiger partial charge in [-0.1, -0.05) is 11.6 Å². The van der Waals surface area contributed by atoms with E-state index in [2.05, 4.69) is 26.8 Å². The molecule has 0 N–H and O–H groups in total. The Kier molecular flexibility index (Phi) is 8.45. The van der Waals surface area contributed by atoms with E-state index in [0.717, 1.165) is 18.4 Å². The molecule has 2 unspecified atom stereocenters. The van der Waals surface area contributed by atoms with Gasteiger partial charge in [-0.05, 0) is 77.7 Å². The van der Waals surface area contributed by atoms with Gasteiger partial charge >= 0.3 is 5.97 Å². The van der Waals surface area contributed by atoms with E-state index < -0.39 is 12.1 Å². The number of ether oxygens (including phenoxy) is 7. The molecular weight excluding hydrogens is 488 g/mol. The van der Waals surface area contributed by atoms with Crippen LogP contribution < -0.4 is 14.2 Å². The Balaban J connectivity index is 1.47. The van der Waals surface area contributed by atoms with Crippen LogP contribution in [0.5, 0.6) is 17.2 Å². The summed E-state index contributed by atoms with van der Waals surface area (Å²) in [6.07, 6.45) is 6.97. The number of hydrogen-bond acceptors (Lipinski definition) is 8. The molecule has 2 heterocycles. The van der Waals surface area contributed by atoms with Crippen LogP contribution in [0.4, 0.5) is 0 Å². The molecule has 0 bridgehead atoms. The third-order valence-electron chi connectivity index (χ3n) is 7.75. The van der Waals surface area contributed by atoms with Gasteiger partial charge < -0.3 is 33.2 Å². The van der Waals surface area contributed by atoms with Crippen LogP contribution in [0, 0.1) is 5.92 Å². The summed E-state index contributed by atoms with van der Waals surface area (Å²) >= 11 is 0. The molecule has 0 aromatic heterocycles. The first-order chi connectivity index (χ1) is 18.1. The van der Waals surface area contributed by atoms with Gasteiger partial charge in [0.25, 0.3) is 0 Å². The fourth-order valence-electron chi connectivity index (χ4n) is 5.77. The molecule has 1 aromatic rings. The van der Waals surface area contributed by atoms with E-state index in [1.54, 1.807) is 39.5 Å². The first-order valence-electron chi connectivity index (χ1n) is 13.4. The Hall–Kier alpha value is -2.55. The zero-order chi connectivity index (χ0) is 27.7. The van der Waals surface area contributed by atoms with E-state index in [9.17, 15) is 4.79 Å². The van der Waals surface area contributed by atoms with Crippen molar-refractivity contribution >= 4 is 12.0 Å². The highest BCUT2D eigenvalue weighted by Crippen LogP contribution is 2.59. The summed E-state index contributed by atoms with van der Waals surface area (Å²) < 4.78 is 41.0. The highest BCUT2D eigenvalue weighted by molar-refractivity contribution is 5.87. The molecular formula is C30H42O8. The molecule has 4 rings (SSSR count). The molecule has 38 heavy (non-hydrogen) atoms. The molecule has 3 fully saturated rings. The van der Waals surface area contributed by atoms with Crippen LogP contribution in [0.25, 0.3) is 6.08 Å². The van der Waals surface area contributed by atoms with Crippen molar-refractivity contribution < 1.29 is 38.0 Å². The molecule has 3 aliphatic rings. The molecule has 1 aliphatic carbocycles. The summed E-state index contributed by atoms with van der Waals surface area (Å²) in [5.74, 6) is 1.11. The van der Waals surface area contributed by atoms with Gasteiger partial charge in [0.1, 0.15) is 23.4 Å². The third kappa shape index (κ3) is 5.87. The van der Waals surface area contributed by atoms with Gasteiger partial charge in [0.2, 0.25) is 5.75 Å². The molecule has 0 radical (unpaired) electrons. The minimum atomic E-state index is -0.438. The zero-order valence-electron chi connectivity index (χ0n) is 23.9. The van der Waals surface area contributed by atoms with Gasteiger partial charge in [0, 0.05) is 13.2 Å². The molecule has 2 aliphatic heterocycles. The van der Waals surface area contributed by atoms with Crippen LogP contribution in [-0.4, -0.2) is 69.5 Å². The largest absolute Gasteiger partial charge is 0.493 e. The van der Waals surface area contributed by atoms with Gasteiger partial charge in [-0.15, -0.1) is 0 Å². The number of carbonyl (C=O) groups excluding carboxylic acids is 1. The van der Waals surface area contributed by atoms with Crippen LogP contribution in [-0.2, 0) is 23.7 Å². The lowest BCUT2D eigenvalue weighted by Crippen LogP contribution is -2.55. The number of benzene rings is 1. The van der Waals surface area contributed by atoms with Crippen molar-refractivity contribution in [2.24, 2.45) is 5.92 Å². The minimum absolute atomic E-state index is 0.0203. The smallest absolute Gasteiger partial charge is 0.331 e. The van der Waals surface area contributed by atoms with Crippen molar-refractivity contribution in [3.8, 4) is 17.2 Å². The van der Waals surface area contributed by atoms with Crippen molar-refractivity contribution in [1.82, 2.24) is 0 Å². The highest BCUT2D eigenvalue weighted by Gasteiger charge is 2.72. The summed E-state index contributed by atoms with van der Waals surface area (Å²) in [6, 6.07) is 3.59. The monoisotopic (exact) mass is 530 g/mol. The number of allylic oxidation sites excluding steroid dienone is 1. The standard InChI is InChI=1S/C30H42O8/c1-18(2)9-11-24-29(5,38-24)28-27(34-8)21(13-14-30(28)17-35-30)37-25(31)12-10-20-15-22(32-6)26(36-19(3)4)23(16-20)33-7/h9-10,12,15-16,19,21,24,27-28H,11,13-14,17H2,1-8H3/b12-10+/t21-,24?,27-,28-,29?,30+/m1/s1. The predicted octanol–water partition coefficient (Wildman–Crippen LogP) is 5.12. The Labute approximate surface area is 226 Å². The van der Waals surface area contributed by atoms with Crippen LogP contribution in [0.15, 0.2) is 29.9 Å². The lowest BCUT2D eigenvalue weighted by atomic mass is 9.68. The van der Waals surface area contributed by atoms with Crippen LogP contribution in [0.1, 0.15) is 59.4 Å². The van der Waals surface area contributed by atoms with Gasteiger partial charge in [0.05, 0.1) is 39.0 Å². The van der Waals surface area contributed by atoms with Crippen LogP contribution in [0.2, 0.25) is 0 Å². The van der Waals surface area contributed by atoms with Crippen molar-refractivity contribution in [2.45, 2.75) is 89.5 Å². The Morgan fingerprint density at radius 2 is 1.82 bits per heavy atom. The Bertz CT molecular complexity index is 1040. The quantitative estimate of drug-likeness (QED) is 0.169. The summed E-state index contributed by atoms with van der Waals surface area (Å²) in [7, 11) is 4.81. The maximum absolute atomic E-state index is 12.9. The SMILES string of the molecule is COc1cc(/C=C/C(=O)O[C@@H]2CC[C@]3(CO3)[C@@H](C3(C)OC3CC=C(C)C)[C@@H]2OC)cc(OC)c1OC(C)C. The van der Waals surface area contributed by atoms with E-state index in [0.29, 0.717) is 30.3 Å². The normalized spacial score (nSPS) is 31.8. The maximum atomic E-state index is 12.9. The van der Waals surface area contributed by atoms with Crippen LogP contribution in [0.3, 0.4) is 0 Å². The number of methoxy groups -OCH3 is 3. The lowest BCUT2D eigenvalue weighted by molar-refractivity contribution is -0.166. The minimum Gasteiger partial charge on any atom is -0.493 e. The molecule has 8 nitrogen and oxygen atoms in total. The van der Waals surface area contributed by atoms with E-state index in [1.807, 2.05) is 13.8 Å². The third-order valence-corrected chi connectivity index (χ3v) is 7.75. The average Bonchev–Trinajstić information content (AvgIpc) is 3.79. The maximum Gasteiger partial charge on any atom is 0.331 e. The second-order valence-electron chi connectivity index (χ2n) is 11.1. The predicted molar refractivity (Wildman–Crippen MR) is 144 cm³/mol. The Morgan fingerprint density at radius 1 is 1.16 bits per heavy atom. The summed E-state index contributed by atoms with van der Waals surface area (Å²) in [4.78, 5) is 12.9. The van der Waals surface area contributed by atoms with Crippen LogP contribution >= 0.6 is 0 Å². The van der Waals surface area contributed by atoms with Gasteiger partial charge in [0.15, 0.2) is 11.5 Å². The molecule has 1 spiro atoms. The molecule has 0 amide bonds. The van der Waals surface area contributed by atoms with E-state index in [4.69, 9.17) is 33.2 Å². The summed E-state index contributed by atoms with van der Waals surface area (Å²) in [5.41, 5.74) is 1.35. The summed E-state index contributed by atoms with van der Waals surface area (Å²) in [5, 5.41) is 0. The first-order valence-corrected chi connectivity index (χ1v) is 13.4. The van der Waals surface area contributed by atoms with Gasteiger partial charge in [-0.2, -0.15) is 0 Å². The Morgan fingerprint density at radius 3 is 2.34 bits per heavy atom. The second-order valence-corrected chi connectivity index (χ2v) is 11.1. The van der Waals surface area contributed by atoms with Crippen molar-refractivity contribution in [2.75, 3.05) is 27.9 Å². The molecule has 8 heteroatoms. The molecule has 6 atom stereocenters. The van der Waals surface area contributed by atoms with Gasteiger partial charge in [-0.25, -0.2) is 4.79 Å². The lowest BCUT2D eigenvalue weighted by Gasteiger charge is -2.42. The van der Waals surface area contributed by atoms with Crippen molar-refractivity contribution in [3.05, 3.63) is 35.4 Å². The van der Waals surface area contributed by atoms with E-state index >= 15 is 0 Å². The topological polar surface area (TPSA) is 88.3 Å². The van der Waals surface area contributed by atoms with Gasteiger partial charge in [-0.3, -0.25) is 0 Å². The first kappa shape index (κ1) is 28.5. The second kappa shape index (κ2) is 11.3. The average molecular weight is 531 g/mol. The zero-order valence-corrected chi connectivity index (χ0v) is 23.9. The summed E-state index contributed by atoms with van der Waals surface area (Å²) in [6.45, 7) is 10.9. The van der Waals surface area contributed by atoms with Crippen molar-refractivity contribution in [1.29, 1.82) is 0 Å². The van der Waals surface area contributed by atoms with Crippen molar-refractivity contribution in [3.63, 3.8) is 0 Å². The fourth-order valence-corrected chi connectivity index (χ4v) is 5.77. The fraction of sp³-hybridized carbons (Fsp3) is 0.633. The molecule has 2 saturated heterocycles. The van der Waals surface area contributed by atoms with E-state index in [1.165, 1.54) is 11.6 Å². The highest BCUT2D eigenvalue weighted by atomic mass is 16.6. The molecule has 1 aromatic carbocycles. The molecule has 1 saturated carbocycles. The number of epoxide rings is 2. The number of rotatable bonds is 11. The van der Waals surface area contributed by atoms with E-state index in [-0.39, 0.29) is 35.4 Å². The molecule has 210 valence electrons. The number of hydrogen-bond donors (Lipinski definition) is 0.